The average Bonchev–Trinajstić information content (AvgIpc) is 3.19. The number of nitrogens with one attached hydrogen (secondary N) is 3. The van der Waals surface area contributed by atoms with Crippen molar-refractivity contribution >= 4 is 22.4 Å². The number of aromatic nitrogens is 3. The maximum absolute atomic E-state index is 4.57. The fraction of sp³-hybridized carbons (Fsp3) is 0.429. The monoisotopic (exact) mass is 364 g/mol. The lowest BCUT2D eigenvalue weighted by molar-refractivity contribution is 0.226. The molecule has 1 fully saturated rings. The molecule has 0 bridgehead atoms. The number of nitrogens with zero attached hydrogens (tertiary/aromatic N) is 3. The molecule has 1 aliphatic heterocycles. The minimum absolute atomic E-state index is 0.729. The van der Waals surface area contributed by atoms with Gasteiger partial charge >= 0.3 is 0 Å². The zero-order valence-corrected chi connectivity index (χ0v) is 16.1. The van der Waals surface area contributed by atoms with Crippen LogP contribution in [0.2, 0.25) is 0 Å². The Labute approximate surface area is 160 Å². The van der Waals surface area contributed by atoms with Gasteiger partial charge in [-0.2, -0.15) is 0 Å². The highest BCUT2D eigenvalue weighted by atomic mass is 15.1. The molecule has 0 amide bonds. The summed E-state index contributed by atoms with van der Waals surface area (Å²) < 4.78 is 0. The molecule has 0 atom stereocenters. The summed E-state index contributed by atoms with van der Waals surface area (Å²) in [4.78, 5) is 14.7. The summed E-state index contributed by atoms with van der Waals surface area (Å²) in [7, 11) is 2.20. The van der Waals surface area contributed by atoms with Gasteiger partial charge in [0.25, 0.3) is 0 Å². The van der Waals surface area contributed by atoms with Gasteiger partial charge in [-0.05, 0) is 63.5 Å². The first-order valence-corrected chi connectivity index (χ1v) is 9.73. The number of rotatable bonds is 6. The first-order chi connectivity index (χ1) is 13.2. The van der Waals surface area contributed by atoms with Gasteiger partial charge in [-0.3, -0.25) is 4.98 Å². The van der Waals surface area contributed by atoms with E-state index in [4.69, 9.17) is 0 Å². The Hall–Kier alpha value is -2.60. The topological polar surface area (TPSA) is 68.9 Å². The summed E-state index contributed by atoms with van der Waals surface area (Å²) in [6.45, 7) is 6.16. The van der Waals surface area contributed by atoms with Crippen LogP contribution in [0, 0.1) is 12.8 Å². The van der Waals surface area contributed by atoms with Gasteiger partial charge in [-0.1, -0.05) is 6.07 Å². The first kappa shape index (κ1) is 17.8. The number of pyridine rings is 2. The Balaban J connectivity index is 1.31. The van der Waals surface area contributed by atoms with E-state index in [-0.39, 0.29) is 0 Å². The van der Waals surface area contributed by atoms with Crippen LogP contribution in [-0.4, -0.2) is 46.5 Å². The van der Waals surface area contributed by atoms with E-state index in [0.717, 1.165) is 47.3 Å². The molecule has 27 heavy (non-hydrogen) atoms. The van der Waals surface area contributed by atoms with Crippen molar-refractivity contribution in [3.05, 3.63) is 48.0 Å². The lowest BCUT2D eigenvalue weighted by Gasteiger charge is -2.29. The van der Waals surface area contributed by atoms with Crippen LogP contribution in [0.25, 0.3) is 10.9 Å². The van der Waals surface area contributed by atoms with Crippen LogP contribution in [0.5, 0.6) is 0 Å². The fourth-order valence-electron chi connectivity index (χ4n) is 3.68. The molecule has 1 saturated heterocycles. The van der Waals surface area contributed by atoms with E-state index < -0.39 is 0 Å². The highest BCUT2D eigenvalue weighted by Gasteiger charge is 2.16. The molecular weight excluding hydrogens is 336 g/mol. The number of piperidine rings is 1. The van der Waals surface area contributed by atoms with Gasteiger partial charge in [0.05, 0.1) is 23.1 Å². The molecule has 0 aromatic carbocycles. The van der Waals surface area contributed by atoms with Crippen LogP contribution >= 0.6 is 0 Å². The van der Waals surface area contributed by atoms with Gasteiger partial charge in [0.1, 0.15) is 5.82 Å². The quantitative estimate of drug-likeness (QED) is 0.623. The van der Waals surface area contributed by atoms with Gasteiger partial charge in [-0.25, -0.2) is 4.98 Å². The third-order valence-corrected chi connectivity index (χ3v) is 5.50. The van der Waals surface area contributed by atoms with Crippen LogP contribution in [0.4, 0.5) is 11.5 Å². The highest BCUT2D eigenvalue weighted by Crippen LogP contribution is 2.24. The zero-order chi connectivity index (χ0) is 18.6. The van der Waals surface area contributed by atoms with E-state index in [1.165, 1.54) is 31.3 Å². The molecule has 0 unspecified atom stereocenters. The minimum Gasteiger partial charge on any atom is -0.379 e. The van der Waals surface area contributed by atoms with Crippen molar-refractivity contribution in [3.8, 4) is 0 Å². The zero-order valence-electron chi connectivity index (χ0n) is 16.1. The maximum atomic E-state index is 4.57. The third kappa shape index (κ3) is 4.22. The molecule has 0 spiro atoms. The molecule has 3 aromatic heterocycles. The Morgan fingerprint density at radius 2 is 1.96 bits per heavy atom. The van der Waals surface area contributed by atoms with E-state index in [9.17, 15) is 0 Å². The van der Waals surface area contributed by atoms with Gasteiger partial charge in [0, 0.05) is 30.9 Å². The van der Waals surface area contributed by atoms with Crippen molar-refractivity contribution in [2.24, 2.45) is 5.92 Å². The SMILES string of the molecule is Cc1ncc(NCc2ccc(NCC3CCN(C)CC3)nc2)c2cc[nH]c12. The summed E-state index contributed by atoms with van der Waals surface area (Å²) in [5.41, 5.74) is 4.30. The van der Waals surface area contributed by atoms with Gasteiger partial charge in [-0.15, -0.1) is 0 Å². The van der Waals surface area contributed by atoms with E-state index in [1.807, 2.05) is 25.5 Å². The third-order valence-electron chi connectivity index (χ3n) is 5.50. The molecule has 4 rings (SSSR count). The van der Waals surface area contributed by atoms with Crippen molar-refractivity contribution in [3.63, 3.8) is 0 Å². The summed E-state index contributed by atoms with van der Waals surface area (Å²) in [6.07, 6.45) is 8.33. The Kier molecular flexibility index (Phi) is 5.25. The number of hydrogen-bond acceptors (Lipinski definition) is 5. The molecule has 3 aromatic rings. The lowest BCUT2D eigenvalue weighted by atomic mass is 9.97. The molecule has 0 radical (unpaired) electrons. The molecule has 1 aliphatic rings. The van der Waals surface area contributed by atoms with Crippen LogP contribution in [0.3, 0.4) is 0 Å². The summed E-state index contributed by atoms with van der Waals surface area (Å²) in [5.74, 6) is 1.71. The van der Waals surface area contributed by atoms with Crippen LogP contribution in [0.15, 0.2) is 36.8 Å². The van der Waals surface area contributed by atoms with E-state index in [1.54, 1.807) is 0 Å². The Morgan fingerprint density at radius 3 is 2.74 bits per heavy atom. The molecule has 4 heterocycles. The van der Waals surface area contributed by atoms with Crippen molar-refractivity contribution in [1.29, 1.82) is 0 Å². The van der Waals surface area contributed by atoms with Crippen molar-refractivity contribution in [2.45, 2.75) is 26.3 Å². The van der Waals surface area contributed by atoms with Crippen LogP contribution in [0.1, 0.15) is 24.1 Å². The standard InChI is InChI=1S/C21H28N6/c1-15-21-18(5-8-22-21)19(14-23-15)24-12-17-3-4-20(26-13-17)25-11-16-6-9-27(2)10-7-16/h3-5,8,13-14,16,22,24H,6-7,9-12H2,1-2H3,(H,25,26). The first-order valence-electron chi connectivity index (χ1n) is 9.73. The predicted octanol–water partition coefficient (Wildman–Crippen LogP) is 3.63. The second kappa shape index (κ2) is 7.96. The Bertz CT molecular complexity index is 877. The Morgan fingerprint density at radius 1 is 1.11 bits per heavy atom. The molecular formula is C21H28N6. The van der Waals surface area contributed by atoms with Crippen LogP contribution < -0.4 is 10.6 Å². The van der Waals surface area contributed by atoms with Crippen LogP contribution in [-0.2, 0) is 6.54 Å². The summed E-state index contributed by atoms with van der Waals surface area (Å²) in [6, 6.07) is 6.29. The smallest absolute Gasteiger partial charge is 0.125 e. The minimum atomic E-state index is 0.729. The molecule has 3 N–H and O–H groups in total. The van der Waals surface area contributed by atoms with Crippen molar-refractivity contribution in [2.75, 3.05) is 37.3 Å². The van der Waals surface area contributed by atoms with Crippen molar-refractivity contribution in [1.82, 2.24) is 19.9 Å². The van der Waals surface area contributed by atoms with E-state index in [0.29, 0.717) is 0 Å². The number of H-pyrrole nitrogens is 1. The average molecular weight is 364 g/mol. The molecule has 142 valence electrons. The largest absolute Gasteiger partial charge is 0.379 e. The van der Waals surface area contributed by atoms with Gasteiger partial charge < -0.3 is 20.5 Å². The number of fused-ring (bicyclic) bond motifs is 1. The van der Waals surface area contributed by atoms with Gasteiger partial charge in [0.2, 0.25) is 0 Å². The number of aromatic amines is 1. The second-order valence-corrected chi connectivity index (χ2v) is 7.56. The number of aryl methyl sites for hydroxylation is 1. The fourth-order valence-corrected chi connectivity index (χ4v) is 3.68. The van der Waals surface area contributed by atoms with Crippen molar-refractivity contribution < 1.29 is 0 Å². The second-order valence-electron chi connectivity index (χ2n) is 7.56. The molecule has 6 nitrogen and oxygen atoms in total. The van der Waals surface area contributed by atoms with Gasteiger partial charge in [0.15, 0.2) is 0 Å². The van der Waals surface area contributed by atoms with E-state index in [2.05, 4.69) is 55.7 Å². The lowest BCUT2D eigenvalue weighted by Crippen LogP contribution is -2.33. The normalized spacial score (nSPS) is 15.9. The maximum Gasteiger partial charge on any atom is 0.125 e. The molecule has 0 saturated carbocycles. The summed E-state index contributed by atoms with van der Waals surface area (Å²) in [5, 5.41) is 8.14. The summed E-state index contributed by atoms with van der Waals surface area (Å²) >= 11 is 0. The number of likely N-dealkylation sites (tertiary alicyclic amines) is 1. The highest BCUT2D eigenvalue weighted by molar-refractivity contribution is 5.92. The number of anilines is 2. The number of hydrogen-bond donors (Lipinski definition) is 3. The molecule has 6 heteroatoms. The van der Waals surface area contributed by atoms with E-state index >= 15 is 0 Å². The predicted molar refractivity (Wildman–Crippen MR) is 111 cm³/mol. The molecule has 0 aliphatic carbocycles.